The van der Waals surface area contributed by atoms with Crippen molar-refractivity contribution in [3.05, 3.63) is 65.9 Å². The zero-order valence-electron chi connectivity index (χ0n) is 14.3. The topological polar surface area (TPSA) is 56.4 Å². The Labute approximate surface area is 151 Å². The standard InChI is InChI=1S/C21H19N3O2/c25-20-12-19(21(26)24(20)14-6-2-1-3-7-14)23-11-10-18-16(13-23)15-8-4-5-9-17(15)22-18/h1-9,19,22H,10-13H2. The van der Waals surface area contributed by atoms with Gasteiger partial charge < -0.3 is 4.98 Å². The van der Waals surface area contributed by atoms with E-state index in [1.54, 1.807) is 0 Å². The number of fused-ring (bicyclic) bond motifs is 3. The van der Waals surface area contributed by atoms with Gasteiger partial charge in [0.15, 0.2) is 0 Å². The van der Waals surface area contributed by atoms with Crippen LogP contribution in [-0.4, -0.2) is 34.3 Å². The molecule has 1 unspecified atom stereocenters. The minimum absolute atomic E-state index is 0.107. The minimum Gasteiger partial charge on any atom is -0.358 e. The van der Waals surface area contributed by atoms with E-state index in [9.17, 15) is 9.59 Å². The second-order valence-corrected chi connectivity index (χ2v) is 6.97. The average Bonchev–Trinajstić information content (AvgIpc) is 3.19. The van der Waals surface area contributed by atoms with E-state index < -0.39 is 0 Å². The van der Waals surface area contributed by atoms with Crippen LogP contribution in [0.15, 0.2) is 54.6 Å². The van der Waals surface area contributed by atoms with E-state index in [2.05, 4.69) is 22.0 Å². The SMILES string of the molecule is O=C1CC(N2CCc3[nH]c4ccccc4c3C2)C(=O)N1c1ccccc1. The van der Waals surface area contributed by atoms with E-state index in [0.29, 0.717) is 12.2 Å². The molecular weight excluding hydrogens is 326 g/mol. The summed E-state index contributed by atoms with van der Waals surface area (Å²) in [5.41, 5.74) is 4.30. The molecule has 2 aliphatic heterocycles. The van der Waals surface area contributed by atoms with Gasteiger partial charge in [-0.1, -0.05) is 36.4 Å². The second kappa shape index (κ2) is 5.81. The summed E-state index contributed by atoms with van der Waals surface area (Å²) in [6.45, 7) is 1.48. The molecule has 2 amide bonds. The summed E-state index contributed by atoms with van der Waals surface area (Å²) >= 11 is 0. The molecule has 26 heavy (non-hydrogen) atoms. The molecule has 0 spiro atoms. The lowest BCUT2D eigenvalue weighted by Crippen LogP contribution is -2.44. The fourth-order valence-corrected chi connectivity index (χ4v) is 4.20. The maximum absolute atomic E-state index is 13.0. The number of carbonyl (C=O) groups excluding carboxylic acids is 2. The van der Waals surface area contributed by atoms with Crippen LogP contribution >= 0.6 is 0 Å². The number of anilines is 1. The van der Waals surface area contributed by atoms with E-state index in [1.807, 2.05) is 42.5 Å². The monoisotopic (exact) mass is 345 g/mol. The van der Waals surface area contributed by atoms with Crippen molar-refractivity contribution in [2.75, 3.05) is 11.4 Å². The summed E-state index contributed by atoms with van der Waals surface area (Å²) in [4.78, 5) is 32.5. The first-order valence-corrected chi connectivity index (χ1v) is 8.97. The maximum Gasteiger partial charge on any atom is 0.251 e. The van der Waals surface area contributed by atoms with Gasteiger partial charge in [0, 0.05) is 36.1 Å². The van der Waals surface area contributed by atoms with Crippen LogP contribution < -0.4 is 4.90 Å². The minimum atomic E-state index is -0.371. The summed E-state index contributed by atoms with van der Waals surface area (Å²) in [6.07, 6.45) is 1.12. The highest BCUT2D eigenvalue weighted by atomic mass is 16.2. The first-order valence-electron chi connectivity index (χ1n) is 8.97. The normalized spacial score (nSPS) is 20.8. The quantitative estimate of drug-likeness (QED) is 0.727. The molecule has 2 aliphatic rings. The number of H-pyrrole nitrogens is 1. The number of benzene rings is 2. The highest BCUT2D eigenvalue weighted by molar-refractivity contribution is 6.22. The highest BCUT2D eigenvalue weighted by Crippen LogP contribution is 2.32. The van der Waals surface area contributed by atoms with Gasteiger partial charge in [-0.2, -0.15) is 0 Å². The van der Waals surface area contributed by atoms with E-state index in [1.165, 1.54) is 21.5 Å². The third kappa shape index (κ3) is 2.28. The number of nitrogens with one attached hydrogen (secondary N) is 1. The smallest absolute Gasteiger partial charge is 0.251 e. The molecule has 1 saturated heterocycles. The van der Waals surface area contributed by atoms with Crippen molar-refractivity contribution >= 4 is 28.4 Å². The zero-order valence-corrected chi connectivity index (χ0v) is 14.3. The van der Waals surface area contributed by atoms with Gasteiger partial charge in [-0.15, -0.1) is 0 Å². The molecule has 2 aromatic carbocycles. The fourth-order valence-electron chi connectivity index (χ4n) is 4.20. The molecule has 5 rings (SSSR count). The second-order valence-electron chi connectivity index (χ2n) is 6.97. The van der Waals surface area contributed by atoms with E-state index in [-0.39, 0.29) is 24.3 Å². The first-order chi connectivity index (χ1) is 12.7. The average molecular weight is 345 g/mol. The summed E-state index contributed by atoms with van der Waals surface area (Å²) < 4.78 is 0. The van der Waals surface area contributed by atoms with Crippen LogP contribution in [0, 0.1) is 0 Å². The Bertz CT molecular complexity index is 1010. The molecule has 130 valence electrons. The zero-order chi connectivity index (χ0) is 17.7. The van der Waals surface area contributed by atoms with Crippen LogP contribution in [0.4, 0.5) is 5.69 Å². The lowest BCUT2D eigenvalue weighted by molar-refractivity contribution is -0.123. The maximum atomic E-state index is 13.0. The van der Waals surface area contributed by atoms with Crippen molar-refractivity contribution < 1.29 is 9.59 Å². The van der Waals surface area contributed by atoms with Crippen LogP contribution in [0.3, 0.4) is 0 Å². The molecule has 1 fully saturated rings. The van der Waals surface area contributed by atoms with Gasteiger partial charge in [-0.05, 0) is 23.8 Å². The van der Waals surface area contributed by atoms with E-state index >= 15 is 0 Å². The number of hydrogen-bond donors (Lipinski definition) is 1. The van der Waals surface area contributed by atoms with Gasteiger partial charge >= 0.3 is 0 Å². The molecule has 0 bridgehead atoms. The Morgan fingerprint density at radius 2 is 1.73 bits per heavy atom. The van der Waals surface area contributed by atoms with Crippen LogP contribution in [-0.2, 0) is 22.6 Å². The van der Waals surface area contributed by atoms with Crippen molar-refractivity contribution in [1.82, 2.24) is 9.88 Å². The largest absolute Gasteiger partial charge is 0.358 e. The summed E-state index contributed by atoms with van der Waals surface area (Å²) in [7, 11) is 0. The van der Waals surface area contributed by atoms with Crippen molar-refractivity contribution in [2.45, 2.75) is 25.4 Å². The van der Waals surface area contributed by atoms with Gasteiger partial charge in [-0.25, -0.2) is 4.90 Å². The number of nitrogens with zero attached hydrogens (tertiary/aromatic N) is 2. The molecular formula is C21H19N3O2. The fraction of sp³-hybridized carbons (Fsp3) is 0.238. The number of aromatic nitrogens is 1. The van der Waals surface area contributed by atoms with Crippen molar-refractivity contribution in [2.24, 2.45) is 0 Å². The Balaban J connectivity index is 1.45. The summed E-state index contributed by atoms with van der Waals surface area (Å²) in [5.74, 6) is -0.222. The predicted molar refractivity (Wildman–Crippen MR) is 99.8 cm³/mol. The van der Waals surface area contributed by atoms with Gasteiger partial charge in [0.25, 0.3) is 5.91 Å². The number of amides is 2. The van der Waals surface area contributed by atoms with Crippen molar-refractivity contribution in [3.63, 3.8) is 0 Å². The van der Waals surface area contributed by atoms with Gasteiger partial charge in [0.2, 0.25) is 5.91 Å². The molecule has 1 N–H and O–H groups in total. The Kier molecular flexibility index (Phi) is 3.43. The van der Waals surface area contributed by atoms with Crippen molar-refractivity contribution in [1.29, 1.82) is 0 Å². The number of aromatic amines is 1. The van der Waals surface area contributed by atoms with Crippen molar-refractivity contribution in [3.8, 4) is 0 Å². The molecule has 1 atom stereocenters. The van der Waals surface area contributed by atoms with E-state index in [0.717, 1.165) is 18.5 Å². The molecule has 0 saturated carbocycles. The van der Waals surface area contributed by atoms with Crippen LogP contribution in [0.2, 0.25) is 0 Å². The Hall–Kier alpha value is -2.92. The predicted octanol–water partition coefficient (Wildman–Crippen LogP) is 2.86. The molecule has 3 aromatic rings. The van der Waals surface area contributed by atoms with E-state index in [4.69, 9.17) is 0 Å². The lowest BCUT2D eigenvalue weighted by Gasteiger charge is -2.31. The van der Waals surface area contributed by atoms with Gasteiger partial charge in [0.05, 0.1) is 18.2 Å². The molecule has 5 heteroatoms. The summed E-state index contributed by atoms with van der Waals surface area (Å²) in [6, 6.07) is 17.1. The van der Waals surface area contributed by atoms with Crippen LogP contribution in [0.1, 0.15) is 17.7 Å². The van der Waals surface area contributed by atoms with Gasteiger partial charge in [0.1, 0.15) is 0 Å². The molecule has 5 nitrogen and oxygen atoms in total. The third-order valence-electron chi connectivity index (χ3n) is 5.49. The number of rotatable bonds is 2. The summed E-state index contributed by atoms with van der Waals surface area (Å²) in [5, 5.41) is 1.21. The molecule has 1 aromatic heterocycles. The Morgan fingerprint density at radius 3 is 2.58 bits per heavy atom. The molecule has 0 radical (unpaired) electrons. The number of para-hydroxylation sites is 2. The van der Waals surface area contributed by atoms with Crippen LogP contribution in [0.25, 0.3) is 10.9 Å². The number of hydrogen-bond acceptors (Lipinski definition) is 3. The Morgan fingerprint density at radius 1 is 0.962 bits per heavy atom. The first kappa shape index (κ1) is 15.3. The molecule has 0 aliphatic carbocycles. The lowest BCUT2D eigenvalue weighted by atomic mass is 10.0. The number of carbonyl (C=O) groups is 2. The highest BCUT2D eigenvalue weighted by Gasteiger charge is 2.43. The number of imide groups is 1. The van der Waals surface area contributed by atoms with Gasteiger partial charge in [-0.3, -0.25) is 14.5 Å². The van der Waals surface area contributed by atoms with Crippen LogP contribution in [0.5, 0.6) is 0 Å². The third-order valence-corrected chi connectivity index (χ3v) is 5.49. The molecule has 3 heterocycles.